The first-order valence-corrected chi connectivity index (χ1v) is 6.12. The maximum absolute atomic E-state index is 4.62. The molecule has 0 spiro atoms. The van der Waals surface area contributed by atoms with Crippen LogP contribution in [0.5, 0.6) is 0 Å². The Kier molecular flexibility index (Phi) is 2.28. The summed E-state index contributed by atoms with van der Waals surface area (Å²) in [5.74, 6) is 2.68. The highest BCUT2D eigenvalue weighted by Crippen LogP contribution is 2.31. The summed E-state index contributed by atoms with van der Waals surface area (Å²) in [6.07, 6.45) is 6.02. The van der Waals surface area contributed by atoms with E-state index >= 15 is 0 Å². The molecule has 3 nitrogen and oxygen atoms in total. The molecule has 2 aliphatic heterocycles. The minimum Gasteiger partial charge on any atom is -0.332 e. The molecule has 1 saturated heterocycles. The molecule has 1 fully saturated rings. The van der Waals surface area contributed by atoms with Crippen molar-refractivity contribution in [1.29, 1.82) is 0 Å². The molecule has 2 unspecified atom stereocenters. The largest absolute Gasteiger partial charge is 0.332 e. The van der Waals surface area contributed by atoms with Gasteiger partial charge in [0.05, 0.1) is 0 Å². The Morgan fingerprint density at radius 2 is 2.40 bits per heavy atom. The van der Waals surface area contributed by atoms with Crippen molar-refractivity contribution in [2.75, 3.05) is 13.1 Å². The summed E-state index contributed by atoms with van der Waals surface area (Å²) >= 11 is 0. The van der Waals surface area contributed by atoms with Crippen LogP contribution in [-0.4, -0.2) is 22.6 Å². The van der Waals surface area contributed by atoms with Crippen molar-refractivity contribution in [1.82, 2.24) is 14.9 Å². The van der Waals surface area contributed by atoms with Crippen molar-refractivity contribution in [3.8, 4) is 0 Å². The Morgan fingerprint density at radius 1 is 1.47 bits per heavy atom. The van der Waals surface area contributed by atoms with Crippen molar-refractivity contribution >= 4 is 0 Å². The molecule has 1 aromatic heterocycles. The molecule has 82 valence electrons. The molecule has 3 rings (SSSR count). The number of hydrogen-bond acceptors (Lipinski definition) is 2. The molecule has 15 heavy (non-hydrogen) atoms. The van der Waals surface area contributed by atoms with E-state index in [-0.39, 0.29) is 0 Å². The Hall–Kier alpha value is -0.830. The highest BCUT2D eigenvalue weighted by molar-refractivity contribution is 5.16. The van der Waals surface area contributed by atoms with Crippen LogP contribution in [0.15, 0.2) is 6.20 Å². The number of fused-ring (bicyclic) bond motifs is 1. The lowest BCUT2D eigenvalue weighted by Crippen LogP contribution is -2.18. The van der Waals surface area contributed by atoms with E-state index in [1.807, 2.05) is 0 Å². The first-order chi connectivity index (χ1) is 7.36. The molecule has 0 amide bonds. The highest BCUT2D eigenvalue weighted by Gasteiger charge is 2.25. The summed E-state index contributed by atoms with van der Waals surface area (Å²) in [5.41, 5.74) is 1.47. The summed E-state index contributed by atoms with van der Waals surface area (Å²) in [4.78, 5) is 4.62. The van der Waals surface area contributed by atoms with E-state index < -0.39 is 0 Å². The van der Waals surface area contributed by atoms with Gasteiger partial charge in [-0.05, 0) is 25.8 Å². The highest BCUT2D eigenvalue weighted by atomic mass is 15.1. The third kappa shape index (κ3) is 1.49. The average Bonchev–Trinajstić information content (AvgIpc) is 2.85. The summed E-state index contributed by atoms with van der Waals surface area (Å²) in [5, 5.41) is 3.44. The lowest BCUT2D eigenvalue weighted by Gasteiger charge is -2.23. The zero-order valence-electron chi connectivity index (χ0n) is 9.37. The van der Waals surface area contributed by atoms with Crippen molar-refractivity contribution in [3.05, 3.63) is 17.7 Å². The topological polar surface area (TPSA) is 29.9 Å². The molecule has 3 heteroatoms. The van der Waals surface area contributed by atoms with Gasteiger partial charge < -0.3 is 9.88 Å². The number of rotatable bonds is 1. The quantitative estimate of drug-likeness (QED) is 0.758. The van der Waals surface area contributed by atoms with Crippen LogP contribution in [0.25, 0.3) is 0 Å². The molecular formula is C12H19N3. The van der Waals surface area contributed by atoms with Crippen LogP contribution in [0.1, 0.15) is 49.5 Å². The zero-order valence-corrected chi connectivity index (χ0v) is 9.37. The molecule has 2 atom stereocenters. The van der Waals surface area contributed by atoms with Gasteiger partial charge in [-0.25, -0.2) is 4.98 Å². The van der Waals surface area contributed by atoms with Crippen LogP contribution in [0.3, 0.4) is 0 Å². The fraction of sp³-hybridized carbons (Fsp3) is 0.750. The van der Waals surface area contributed by atoms with Gasteiger partial charge >= 0.3 is 0 Å². The van der Waals surface area contributed by atoms with Gasteiger partial charge in [0.1, 0.15) is 5.82 Å². The van der Waals surface area contributed by atoms with E-state index in [1.165, 1.54) is 43.9 Å². The van der Waals surface area contributed by atoms with Gasteiger partial charge in [0.15, 0.2) is 0 Å². The van der Waals surface area contributed by atoms with Gasteiger partial charge in [0.2, 0.25) is 0 Å². The molecule has 0 radical (unpaired) electrons. The minimum absolute atomic E-state index is 0.655. The number of imidazole rings is 1. The van der Waals surface area contributed by atoms with Crippen molar-refractivity contribution in [2.24, 2.45) is 0 Å². The number of hydrogen-bond donors (Lipinski definition) is 1. The summed E-state index contributed by atoms with van der Waals surface area (Å²) < 4.78 is 2.48. The summed E-state index contributed by atoms with van der Waals surface area (Å²) in [6, 6.07) is 0. The fourth-order valence-corrected chi connectivity index (χ4v) is 2.96. The number of nitrogens with zero attached hydrogens (tertiary/aromatic N) is 2. The van der Waals surface area contributed by atoms with E-state index in [0.717, 1.165) is 6.54 Å². The van der Waals surface area contributed by atoms with E-state index in [4.69, 9.17) is 0 Å². The molecule has 3 heterocycles. The molecule has 0 aliphatic carbocycles. The van der Waals surface area contributed by atoms with E-state index in [9.17, 15) is 0 Å². The molecule has 2 aliphatic rings. The molecule has 0 bridgehead atoms. The molecule has 0 saturated carbocycles. The molecule has 0 aromatic carbocycles. The van der Waals surface area contributed by atoms with Crippen molar-refractivity contribution in [3.63, 3.8) is 0 Å². The van der Waals surface area contributed by atoms with Gasteiger partial charge in [-0.3, -0.25) is 0 Å². The van der Waals surface area contributed by atoms with Gasteiger partial charge in [0, 0.05) is 36.8 Å². The van der Waals surface area contributed by atoms with Crippen LogP contribution in [0, 0.1) is 0 Å². The lowest BCUT2D eigenvalue weighted by molar-refractivity contribution is 0.447. The number of nitrogens with one attached hydrogen (secondary N) is 1. The van der Waals surface area contributed by atoms with E-state index in [0.29, 0.717) is 11.8 Å². The molecule has 1 N–H and O–H groups in total. The van der Waals surface area contributed by atoms with Crippen LogP contribution < -0.4 is 5.32 Å². The third-order valence-electron chi connectivity index (χ3n) is 3.86. The SMILES string of the molecule is CC1CCCn2c(C3CCNC3)cnc21. The summed E-state index contributed by atoms with van der Waals surface area (Å²) in [6.45, 7) is 5.79. The van der Waals surface area contributed by atoms with Crippen LogP contribution in [0.4, 0.5) is 0 Å². The monoisotopic (exact) mass is 205 g/mol. The normalized spacial score (nSPS) is 30.5. The molecular weight excluding hydrogens is 186 g/mol. The second kappa shape index (κ2) is 3.63. The Labute approximate surface area is 90.9 Å². The van der Waals surface area contributed by atoms with Crippen LogP contribution in [-0.2, 0) is 6.54 Å². The second-order valence-electron chi connectivity index (χ2n) is 4.93. The smallest absolute Gasteiger partial charge is 0.111 e. The van der Waals surface area contributed by atoms with Crippen LogP contribution >= 0.6 is 0 Å². The maximum atomic E-state index is 4.62. The number of aromatic nitrogens is 2. The summed E-state index contributed by atoms with van der Waals surface area (Å²) in [7, 11) is 0. The zero-order chi connectivity index (χ0) is 10.3. The Morgan fingerprint density at radius 3 is 3.20 bits per heavy atom. The van der Waals surface area contributed by atoms with E-state index in [1.54, 1.807) is 0 Å². The van der Waals surface area contributed by atoms with E-state index in [2.05, 4.69) is 28.0 Å². The standard InChI is InChI=1S/C12H19N3/c1-9-3-2-6-15-11(8-14-12(9)15)10-4-5-13-7-10/h8-10,13H,2-7H2,1H3. The van der Waals surface area contributed by atoms with Gasteiger partial charge in [-0.15, -0.1) is 0 Å². The fourth-order valence-electron chi connectivity index (χ4n) is 2.96. The maximum Gasteiger partial charge on any atom is 0.111 e. The average molecular weight is 205 g/mol. The minimum atomic E-state index is 0.655. The van der Waals surface area contributed by atoms with Crippen LogP contribution in [0.2, 0.25) is 0 Å². The van der Waals surface area contributed by atoms with Crippen molar-refractivity contribution < 1.29 is 0 Å². The van der Waals surface area contributed by atoms with Gasteiger partial charge in [-0.2, -0.15) is 0 Å². The molecule has 1 aromatic rings. The lowest BCUT2D eigenvalue weighted by atomic mass is 10.00. The predicted octanol–water partition coefficient (Wildman–Crippen LogP) is 1.86. The van der Waals surface area contributed by atoms with Crippen molar-refractivity contribution in [2.45, 2.75) is 44.6 Å². The second-order valence-corrected chi connectivity index (χ2v) is 4.93. The first kappa shape index (κ1) is 9.40. The first-order valence-electron chi connectivity index (χ1n) is 6.12. The van der Waals surface area contributed by atoms with Gasteiger partial charge in [-0.1, -0.05) is 6.92 Å². The predicted molar refractivity (Wildman–Crippen MR) is 60.1 cm³/mol. The Bertz CT molecular complexity index is 350. The van der Waals surface area contributed by atoms with Gasteiger partial charge in [0.25, 0.3) is 0 Å². The third-order valence-corrected chi connectivity index (χ3v) is 3.86. The Balaban J connectivity index is 1.95.